The Kier molecular flexibility index (Phi) is 6.64. The highest BCUT2D eigenvalue weighted by Gasteiger charge is 2.49. The number of carbonyl (C=O) groups is 2. The van der Waals surface area contributed by atoms with Gasteiger partial charge in [0.15, 0.2) is 5.13 Å². The van der Waals surface area contributed by atoms with E-state index in [9.17, 15) is 14.7 Å². The van der Waals surface area contributed by atoms with Gasteiger partial charge in [0, 0.05) is 11.1 Å². The van der Waals surface area contributed by atoms with Gasteiger partial charge in [0.2, 0.25) is 0 Å². The second-order valence-electron chi connectivity index (χ2n) is 8.34. The second kappa shape index (κ2) is 10.1. The molecule has 1 saturated heterocycles. The van der Waals surface area contributed by atoms with E-state index in [2.05, 4.69) is 4.98 Å². The predicted molar refractivity (Wildman–Crippen MR) is 143 cm³/mol. The number of aromatic nitrogens is 1. The summed E-state index contributed by atoms with van der Waals surface area (Å²) in [5.41, 5.74) is 1.35. The average Bonchev–Trinajstić information content (AvgIpc) is 3.49. The maximum atomic E-state index is 13.6. The van der Waals surface area contributed by atoms with Crippen molar-refractivity contribution >= 4 is 44.1 Å². The molecule has 0 radical (unpaired) electrons. The molecule has 1 fully saturated rings. The van der Waals surface area contributed by atoms with Gasteiger partial charge < -0.3 is 24.1 Å². The van der Waals surface area contributed by atoms with E-state index < -0.39 is 17.7 Å². The Labute approximate surface area is 222 Å². The van der Waals surface area contributed by atoms with Gasteiger partial charge in [-0.3, -0.25) is 14.5 Å². The third-order valence-electron chi connectivity index (χ3n) is 6.33. The summed E-state index contributed by atoms with van der Waals surface area (Å²) < 4.78 is 22.3. The maximum absolute atomic E-state index is 13.6. The molecule has 4 aromatic rings. The molecule has 0 saturated carbocycles. The lowest BCUT2D eigenvalue weighted by Gasteiger charge is -2.25. The number of anilines is 1. The van der Waals surface area contributed by atoms with Crippen LogP contribution in [0.25, 0.3) is 16.0 Å². The van der Waals surface area contributed by atoms with Crippen molar-refractivity contribution in [3.8, 4) is 23.0 Å². The van der Waals surface area contributed by atoms with E-state index in [4.69, 9.17) is 18.9 Å². The van der Waals surface area contributed by atoms with E-state index in [1.807, 2.05) is 6.07 Å². The van der Waals surface area contributed by atoms with Crippen LogP contribution in [0.5, 0.6) is 23.0 Å². The van der Waals surface area contributed by atoms with Gasteiger partial charge in [-0.15, -0.1) is 0 Å². The van der Waals surface area contributed by atoms with Crippen molar-refractivity contribution in [2.24, 2.45) is 0 Å². The fraction of sp³-hybridized carbons (Fsp3) is 0.179. The predicted octanol–water partition coefficient (Wildman–Crippen LogP) is 4.96. The number of aliphatic hydroxyl groups is 1. The van der Waals surface area contributed by atoms with Crippen LogP contribution < -0.4 is 23.8 Å². The number of hydrogen-bond donors (Lipinski definition) is 1. The molecule has 194 valence electrons. The monoisotopic (exact) mass is 532 g/mol. The first-order valence-corrected chi connectivity index (χ1v) is 12.3. The van der Waals surface area contributed by atoms with Crippen LogP contribution >= 0.6 is 11.3 Å². The minimum Gasteiger partial charge on any atom is -0.507 e. The molecule has 0 aliphatic carbocycles. The van der Waals surface area contributed by atoms with Crippen molar-refractivity contribution in [3.63, 3.8) is 0 Å². The van der Waals surface area contributed by atoms with Crippen LogP contribution in [0.4, 0.5) is 5.13 Å². The highest BCUT2D eigenvalue weighted by atomic mass is 32.1. The summed E-state index contributed by atoms with van der Waals surface area (Å²) in [6.07, 6.45) is 0. The highest BCUT2D eigenvalue weighted by molar-refractivity contribution is 7.22. The van der Waals surface area contributed by atoms with Gasteiger partial charge in [0.25, 0.3) is 5.78 Å². The van der Waals surface area contributed by atoms with Gasteiger partial charge in [-0.2, -0.15) is 0 Å². The molecular weight excluding hydrogens is 508 g/mol. The number of nitrogens with zero attached hydrogens (tertiary/aromatic N) is 2. The van der Waals surface area contributed by atoms with Gasteiger partial charge >= 0.3 is 5.91 Å². The number of benzene rings is 3. The Bertz CT molecular complexity index is 1580. The highest BCUT2D eigenvalue weighted by Crippen LogP contribution is 2.47. The molecular formula is C28H24N2O7S. The quantitative estimate of drug-likeness (QED) is 0.202. The number of aliphatic hydroxyl groups excluding tert-OH is 1. The summed E-state index contributed by atoms with van der Waals surface area (Å²) in [6, 6.07) is 16.0. The molecule has 10 heteroatoms. The summed E-state index contributed by atoms with van der Waals surface area (Å²) in [5, 5.41) is 11.7. The number of fused-ring (bicyclic) bond motifs is 1. The third-order valence-corrected chi connectivity index (χ3v) is 7.35. The Morgan fingerprint density at radius 2 is 1.47 bits per heavy atom. The molecule has 1 N–H and O–H groups in total. The van der Waals surface area contributed by atoms with Crippen molar-refractivity contribution < 1.29 is 33.6 Å². The number of carbonyl (C=O) groups excluding carboxylic acids is 2. The molecule has 0 spiro atoms. The first-order valence-electron chi connectivity index (χ1n) is 11.5. The molecule has 1 amide bonds. The first-order chi connectivity index (χ1) is 18.4. The number of thiazole rings is 1. The molecule has 0 unspecified atom stereocenters. The Hall–Kier alpha value is -4.57. The van der Waals surface area contributed by atoms with Crippen molar-refractivity contribution in [1.29, 1.82) is 0 Å². The minimum atomic E-state index is -1.04. The Morgan fingerprint density at radius 1 is 0.842 bits per heavy atom. The zero-order valence-corrected chi connectivity index (χ0v) is 21.9. The van der Waals surface area contributed by atoms with E-state index in [-0.39, 0.29) is 11.3 Å². The smallest absolute Gasteiger partial charge is 0.301 e. The molecule has 1 atom stereocenters. The molecule has 38 heavy (non-hydrogen) atoms. The van der Waals surface area contributed by atoms with Crippen molar-refractivity contribution in [1.82, 2.24) is 4.98 Å². The lowest BCUT2D eigenvalue weighted by molar-refractivity contribution is -0.132. The minimum absolute atomic E-state index is 0.0939. The summed E-state index contributed by atoms with van der Waals surface area (Å²) in [7, 11) is 6.10. The van der Waals surface area contributed by atoms with E-state index in [1.165, 1.54) is 37.6 Å². The van der Waals surface area contributed by atoms with Crippen molar-refractivity contribution in [2.45, 2.75) is 6.04 Å². The average molecular weight is 533 g/mol. The topological polar surface area (TPSA) is 107 Å². The van der Waals surface area contributed by atoms with Crippen molar-refractivity contribution in [2.75, 3.05) is 33.3 Å². The number of rotatable bonds is 7. The van der Waals surface area contributed by atoms with E-state index in [1.54, 1.807) is 61.7 Å². The van der Waals surface area contributed by atoms with Gasteiger partial charge in [0.05, 0.1) is 44.2 Å². The van der Waals surface area contributed by atoms with Crippen LogP contribution in [-0.4, -0.2) is 50.2 Å². The van der Waals surface area contributed by atoms with Crippen molar-refractivity contribution in [3.05, 3.63) is 77.4 Å². The molecule has 0 bridgehead atoms. The largest absolute Gasteiger partial charge is 0.507 e. The fourth-order valence-corrected chi connectivity index (χ4v) is 5.43. The lowest BCUT2D eigenvalue weighted by Crippen LogP contribution is -2.29. The summed E-state index contributed by atoms with van der Waals surface area (Å²) >= 11 is 1.24. The van der Waals surface area contributed by atoms with Crippen LogP contribution in [0, 0.1) is 0 Å². The van der Waals surface area contributed by atoms with Crippen LogP contribution in [0.1, 0.15) is 17.2 Å². The van der Waals surface area contributed by atoms with Crippen LogP contribution in [0.3, 0.4) is 0 Å². The maximum Gasteiger partial charge on any atom is 0.301 e. The summed E-state index contributed by atoms with van der Waals surface area (Å²) in [6.45, 7) is 0. The normalized spacial score (nSPS) is 16.6. The van der Waals surface area contributed by atoms with E-state index >= 15 is 0 Å². The van der Waals surface area contributed by atoms with E-state index in [0.717, 1.165) is 4.70 Å². The van der Waals surface area contributed by atoms with Gasteiger partial charge in [-0.05, 0) is 60.7 Å². The van der Waals surface area contributed by atoms with Crippen LogP contribution in [-0.2, 0) is 9.59 Å². The summed E-state index contributed by atoms with van der Waals surface area (Å²) in [5.74, 6) is 0.131. The Morgan fingerprint density at radius 3 is 2.13 bits per heavy atom. The molecule has 2 heterocycles. The molecule has 5 rings (SSSR count). The van der Waals surface area contributed by atoms with Gasteiger partial charge in [-0.1, -0.05) is 11.3 Å². The zero-order chi connectivity index (χ0) is 27.0. The lowest BCUT2D eigenvalue weighted by atomic mass is 9.94. The number of methoxy groups -OCH3 is 4. The Balaban J connectivity index is 1.76. The van der Waals surface area contributed by atoms with Crippen LogP contribution in [0.2, 0.25) is 0 Å². The third kappa shape index (κ3) is 4.18. The molecule has 9 nitrogen and oxygen atoms in total. The van der Waals surface area contributed by atoms with Gasteiger partial charge in [0.1, 0.15) is 34.8 Å². The van der Waals surface area contributed by atoms with E-state index in [0.29, 0.717) is 44.8 Å². The SMILES string of the molecule is COc1ccc(C(O)=C2C(=O)C(=O)N(c3nc4ccc(OC)cc4s3)[C@@H]2c2cc(OC)ccc2OC)cc1. The molecule has 1 aliphatic heterocycles. The second-order valence-corrected chi connectivity index (χ2v) is 9.34. The first kappa shape index (κ1) is 25.1. The summed E-state index contributed by atoms with van der Waals surface area (Å²) in [4.78, 5) is 33.0. The van der Waals surface area contributed by atoms with Gasteiger partial charge in [-0.25, -0.2) is 4.98 Å². The van der Waals surface area contributed by atoms with Crippen LogP contribution in [0.15, 0.2) is 66.2 Å². The molecule has 1 aromatic heterocycles. The fourth-order valence-electron chi connectivity index (χ4n) is 4.40. The molecule has 1 aliphatic rings. The number of ketones is 1. The number of ether oxygens (including phenoxy) is 4. The number of Topliss-reactive ketones (excluding diaryl/α,β-unsaturated/α-hetero) is 1. The standard InChI is InChI=1S/C28H24N2O7S/c1-34-16-7-5-15(6-8-16)25(31)23-24(19-13-17(35-2)10-12-21(19)37-4)30(27(33)26(23)32)28-29-20-11-9-18(36-3)14-22(20)38-28/h5-14,24,31H,1-4H3/t24-/m1/s1. The number of amides is 1. The number of hydrogen-bond acceptors (Lipinski definition) is 9. The zero-order valence-electron chi connectivity index (χ0n) is 21.1. The molecule has 3 aromatic carbocycles.